The highest BCUT2D eigenvalue weighted by molar-refractivity contribution is 9.10. The Morgan fingerprint density at radius 1 is 1.19 bits per heavy atom. The predicted octanol–water partition coefficient (Wildman–Crippen LogP) is 2.59. The summed E-state index contributed by atoms with van der Waals surface area (Å²) in [5.41, 5.74) is 3.69. The lowest BCUT2D eigenvalue weighted by atomic mass is 9.95. The van der Waals surface area contributed by atoms with E-state index in [2.05, 4.69) is 37.1 Å². The van der Waals surface area contributed by atoms with E-state index < -0.39 is 30.6 Å². The van der Waals surface area contributed by atoms with Gasteiger partial charge in [-0.3, -0.25) is 4.79 Å². The second kappa shape index (κ2) is 12.1. The van der Waals surface area contributed by atoms with Crippen molar-refractivity contribution in [2.75, 3.05) is 20.3 Å². The molecule has 0 aromatic heterocycles. The van der Waals surface area contributed by atoms with Crippen molar-refractivity contribution in [3.63, 3.8) is 0 Å². The van der Waals surface area contributed by atoms with Crippen LogP contribution in [0.5, 0.6) is 23.0 Å². The number of carbonyl (C=O) groups excluding carboxylic acids is 3. The van der Waals surface area contributed by atoms with Crippen molar-refractivity contribution in [2.24, 2.45) is 5.10 Å². The highest BCUT2D eigenvalue weighted by atomic mass is 79.9. The third-order valence-corrected chi connectivity index (χ3v) is 5.77. The van der Waals surface area contributed by atoms with Crippen LogP contribution in [0.4, 0.5) is 4.79 Å². The molecule has 196 valence electrons. The van der Waals surface area contributed by atoms with E-state index in [9.17, 15) is 24.6 Å². The van der Waals surface area contributed by atoms with Crippen molar-refractivity contribution in [3.8, 4) is 23.0 Å². The summed E-state index contributed by atoms with van der Waals surface area (Å²) < 4.78 is 16.4. The average Bonchev–Trinajstić information content (AvgIpc) is 2.85. The van der Waals surface area contributed by atoms with Gasteiger partial charge >= 0.3 is 12.0 Å². The number of esters is 1. The van der Waals surface area contributed by atoms with E-state index >= 15 is 0 Å². The number of allylic oxidation sites excluding steroid dienone is 1. The maximum atomic E-state index is 12.5. The fourth-order valence-corrected chi connectivity index (χ4v) is 3.79. The first kappa shape index (κ1) is 27.3. The average molecular weight is 577 g/mol. The Bertz CT molecular complexity index is 1280. The van der Waals surface area contributed by atoms with Gasteiger partial charge in [0.25, 0.3) is 5.91 Å². The molecule has 0 unspecified atom stereocenters. The zero-order chi connectivity index (χ0) is 27.1. The SMILES string of the molecule is CCOC(=O)C1=C(C)NC(=O)N[C@@H]1c1ccc(OCC(=O)N/N=C\c2cc(Br)c(O)cc2O)c(OC)c1. The van der Waals surface area contributed by atoms with E-state index in [4.69, 9.17) is 14.2 Å². The van der Waals surface area contributed by atoms with Gasteiger partial charge in [0.15, 0.2) is 18.1 Å². The number of hydrazone groups is 1. The second-order valence-electron chi connectivity index (χ2n) is 7.65. The maximum Gasteiger partial charge on any atom is 0.338 e. The summed E-state index contributed by atoms with van der Waals surface area (Å²) in [5.74, 6) is -1.01. The molecule has 0 fully saturated rings. The lowest BCUT2D eigenvalue weighted by molar-refractivity contribution is -0.139. The van der Waals surface area contributed by atoms with E-state index in [0.29, 0.717) is 15.7 Å². The quantitative estimate of drug-likeness (QED) is 0.172. The molecule has 0 aliphatic carbocycles. The minimum Gasteiger partial charge on any atom is -0.507 e. The highest BCUT2D eigenvalue weighted by Crippen LogP contribution is 2.34. The molecule has 37 heavy (non-hydrogen) atoms. The molecule has 3 rings (SSSR count). The number of ether oxygens (including phenoxy) is 3. The van der Waals surface area contributed by atoms with Gasteiger partial charge in [0.2, 0.25) is 0 Å². The predicted molar refractivity (Wildman–Crippen MR) is 135 cm³/mol. The van der Waals surface area contributed by atoms with Crippen molar-refractivity contribution >= 4 is 40.1 Å². The van der Waals surface area contributed by atoms with Gasteiger partial charge in [-0.15, -0.1) is 0 Å². The zero-order valence-corrected chi connectivity index (χ0v) is 21.7. The lowest BCUT2D eigenvalue weighted by Gasteiger charge is -2.28. The number of rotatable bonds is 9. The summed E-state index contributed by atoms with van der Waals surface area (Å²) in [6, 6.07) is 6.06. The molecular weight excluding hydrogens is 552 g/mol. The third kappa shape index (κ3) is 6.70. The molecule has 2 aromatic carbocycles. The maximum absolute atomic E-state index is 12.5. The molecule has 5 N–H and O–H groups in total. The molecule has 12 nitrogen and oxygen atoms in total. The van der Waals surface area contributed by atoms with Gasteiger partial charge in [0.1, 0.15) is 11.5 Å². The van der Waals surface area contributed by atoms with Gasteiger partial charge in [-0.1, -0.05) is 6.07 Å². The highest BCUT2D eigenvalue weighted by Gasteiger charge is 2.32. The molecule has 0 spiro atoms. The van der Waals surface area contributed by atoms with Gasteiger partial charge in [-0.05, 0) is 53.5 Å². The number of methoxy groups -OCH3 is 1. The molecule has 1 aliphatic rings. The Balaban J connectivity index is 1.69. The van der Waals surface area contributed by atoms with Crippen LogP contribution in [0.3, 0.4) is 0 Å². The topological polar surface area (TPSA) is 168 Å². The van der Waals surface area contributed by atoms with Gasteiger partial charge in [0.05, 0.1) is 36.0 Å². The van der Waals surface area contributed by atoms with Crippen LogP contribution in [-0.2, 0) is 14.3 Å². The normalized spacial score (nSPS) is 15.1. The minimum absolute atomic E-state index is 0.141. The van der Waals surface area contributed by atoms with Crippen molar-refractivity contribution in [1.29, 1.82) is 0 Å². The number of carbonyl (C=O) groups is 3. The number of phenolic OH excluding ortho intramolecular Hbond substituents is 2. The van der Waals surface area contributed by atoms with Crippen molar-refractivity contribution in [3.05, 3.63) is 57.2 Å². The first-order valence-corrected chi connectivity index (χ1v) is 11.7. The number of phenols is 2. The molecule has 3 amide bonds. The standard InChI is InChI=1S/C24H25BrN4O8/c1-4-36-23(33)21-12(2)27-24(34)28-22(21)13-5-6-18(19(8-13)35-3)37-11-20(32)29-26-10-14-7-15(25)17(31)9-16(14)30/h5-10,22,30-31H,4,11H2,1-3H3,(H,29,32)(H2,27,28,34)/b26-10-/t22-/m1/s1. The van der Waals surface area contributed by atoms with Gasteiger partial charge in [-0.2, -0.15) is 5.10 Å². The molecule has 0 saturated carbocycles. The number of halogens is 1. The number of urea groups is 1. The molecule has 0 bridgehead atoms. The number of benzene rings is 2. The Morgan fingerprint density at radius 2 is 1.95 bits per heavy atom. The molecular formula is C24H25BrN4O8. The molecule has 2 aromatic rings. The number of nitrogens with zero attached hydrogens (tertiary/aromatic N) is 1. The van der Waals surface area contributed by atoms with Crippen LogP contribution in [0.1, 0.15) is 31.0 Å². The Hall–Kier alpha value is -4.26. The monoisotopic (exact) mass is 576 g/mol. The first-order valence-electron chi connectivity index (χ1n) is 10.9. The summed E-state index contributed by atoms with van der Waals surface area (Å²) in [5, 5.41) is 28.4. The number of hydrogen-bond donors (Lipinski definition) is 5. The molecule has 1 heterocycles. The van der Waals surface area contributed by atoms with E-state index in [0.717, 1.165) is 6.07 Å². The summed E-state index contributed by atoms with van der Waals surface area (Å²) in [4.78, 5) is 36.7. The fraction of sp³-hybridized carbons (Fsp3) is 0.250. The minimum atomic E-state index is -0.787. The summed E-state index contributed by atoms with van der Waals surface area (Å²) in [6.07, 6.45) is 1.21. The van der Waals surface area contributed by atoms with Crippen molar-refractivity contribution in [1.82, 2.24) is 16.1 Å². The van der Waals surface area contributed by atoms with Crippen LogP contribution in [0.15, 0.2) is 51.2 Å². The lowest BCUT2D eigenvalue weighted by Crippen LogP contribution is -2.45. The van der Waals surface area contributed by atoms with E-state index in [1.54, 1.807) is 32.0 Å². The zero-order valence-electron chi connectivity index (χ0n) is 20.1. The number of hydrogen-bond acceptors (Lipinski definition) is 9. The van der Waals surface area contributed by atoms with E-state index in [1.165, 1.54) is 19.4 Å². The van der Waals surface area contributed by atoms with Crippen LogP contribution in [0.2, 0.25) is 0 Å². The van der Waals surface area contributed by atoms with Gasteiger partial charge in [-0.25, -0.2) is 15.0 Å². The largest absolute Gasteiger partial charge is 0.507 e. The van der Waals surface area contributed by atoms with Crippen LogP contribution in [0.25, 0.3) is 0 Å². The van der Waals surface area contributed by atoms with Crippen LogP contribution >= 0.6 is 15.9 Å². The Kier molecular flexibility index (Phi) is 8.95. The van der Waals surface area contributed by atoms with Crippen molar-refractivity contribution in [2.45, 2.75) is 19.9 Å². The third-order valence-electron chi connectivity index (χ3n) is 5.13. The summed E-state index contributed by atoms with van der Waals surface area (Å²) >= 11 is 3.13. The fourth-order valence-electron chi connectivity index (χ4n) is 3.43. The smallest absolute Gasteiger partial charge is 0.338 e. The molecule has 1 aliphatic heterocycles. The number of nitrogens with one attached hydrogen (secondary N) is 3. The number of amides is 3. The van der Waals surface area contributed by atoms with E-state index in [1.807, 2.05) is 0 Å². The van der Waals surface area contributed by atoms with Gasteiger partial charge in [0, 0.05) is 17.3 Å². The summed E-state index contributed by atoms with van der Waals surface area (Å²) in [7, 11) is 1.41. The van der Waals surface area contributed by atoms with Crippen LogP contribution in [-0.4, -0.2) is 54.7 Å². The number of aromatic hydroxyl groups is 2. The molecule has 13 heteroatoms. The molecule has 0 saturated heterocycles. The van der Waals surface area contributed by atoms with Gasteiger partial charge < -0.3 is 35.1 Å². The molecule has 1 atom stereocenters. The molecule has 0 radical (unpaired) electrons. The van der Waals surface area contributed by atoms with Crippen molar-refractivity contribution < 1.29 is 38.8 Å². The Morgan fingerprint density at radius 3 is 2.65 bits per heavy atom. The Labute approximate surface area is 220 Å². The van der Waals surface area contributed by atoms with E-state index in [-0.39, 0.29) is 40.7 Å². The second-order valence-corrected chi connectivity index (χ2v) is 8.50. The summed E-state index contributed by atoms with van der Waals surface area (Å²) in [6.45, 7) is 3.06. The first-order chi connectivity index (χ1) is 17.6. The van der Waals surface area contributed by atoms with Crippen LogP contribution < -0.4 is 25.5 Å². The van der Waals surface area contributed by atoms with Crippen LogP contribution in [0, 0.1) is 0 Å².